The average molecular weight is 313 g/mol. The van der Waals surface area contributed by atoms with E-state index in [0.717, 1.165) is 29.1 Å². The molecule has 4 nitrogen and oxygen atoms in total. The highest BCUT2D eigenvalue weighted by Gasteiger charge is 2.19. The Morgan fingerprint density at radius 3 is 2.57 bits per heavy atom. The first-order valence-electron chi connectivity index (χ1n) is 8.25. The molecule has 0 aliphatic heterocycles. The molecule has 0 saturated heterocycles. The lowest BCUT2D eigenvalue weighted by molar-refractivity contribution is 0.0910. The molecular weight excluding hydrogens is 286 g/mol. The van der Waals surface area contributed by atoms with Crippen molar-refractivity contribution in [1.82, 2.24) is 9.78 Å². The van der Waals surface area contributed by atoms with Gasteiger partial charge in [0.2, 0.25) is 0 Å². The van der Waals surface area contributed by atoms with Gasteiger partial charge in [0.25, 0.3) is 5.91 Å². The fourth-order valence-corrected chi connectivity index (χ4v) is 3.07. The number of hydrogen-bond acceptors (Lipinski definition) is 3. The lowest BCUT2D eigenvalue weighted by Gasteiger charge is -2.11. The summed E-state index contributed by atoms with van der Waals surface area (Å²) in [5, 5.41) is 7.68. The molecule has 2 aromatic rings. The highest BCUT2D eigenvalue weighted by atomic mass is 16.2. The summed E-state index contributed by atoms with van der Waals surface area (Å²) in [4.78, 5) is 12.5. The monoisotopic (exact) mass is 313 g/mol. The van der Waals surface area contributed by atoms with Crippen LogP contribution in [0.15, 0.2) is 18.2 Å². The molecule has 23 heavy (non-hydrogen) atoms. The first kappa shape index (κ1) is 17.3. The van der Waals surface area contributed by atoms with E-state index in [2.05, 4.69) is 37.3 Å². The maximum Gasteiger partial charge on any atom is 0.266 e. The lowest BCUT2D eigenvalue weighted by atomic mass is 9.97. The van der Waals surface area contributed by atoms with E-state index in [4.69, 9.17) is 0 Å². The highest BCUT2D eigenvalue weighted by Crippen LogP contribution is 2.25. The predicted octanol–water partition coefficient (Wildman–Crippen LogP) is 4.38. The summed E-state index contributed by atoms with van der Waals surface area (Å²) in [6.07, 6.45) is 1.04. The second kappa shape index (κ2) is 6.99. The Hall–Kier alpha value is -2.10. The van der Waals surface area contributed by atoms with E-state index >= 15 is 0 Å². The van der Waals surface area contributed by atoms with E-state index in [9.17, 15) is 4.79 Å². The number of rotatable bonds is 5. The van der Waals surface area contributed by atoms with Crippen molar-refractivity contribution in [2.24, 2.45) is 0 Å². The van der Waals surface area contributed by atoms with Gasteiger partial charge >= 0.3 is 0 Å². The van der Waals surface area contributed by atoms with Gasteiger partial charge in [-0.25, -0.2) is 4.68 Å². The third-order valence-electron chi connectivity index (χ3n) is 4.50. The van der Waals surface area contributed by atoms with Crippen LogP contribution in [0.5, 0.6) is 0 Å². The highest BCUT2D eigenvalue weighted by molar-refractivity contribution is 5.83. The van der Waals surface area contributed by atoms with E-state index in [1.807, 2.05) is 32.9 Å². The molecule has 0 spiro atoms. The molecule has 1 heterocycles. The van der Waals surface area contributed by atoms with Gasteiger partial charge in [-0.3, -0.25) is 4.79 Å². The number of benzene rings is 1. The second-order valence-corrected chi connectivity index (χ2v) is 6.37. The molecule has 0 amide bonds. The fourth-order valence-electron chi connectivity index (χ4n) is 3.07. The number of carbonyl (C=O) groups excluding carboxylic acids is 1. The number of hydrogen-bond donors (Lipinski definition) is 1. The Kier molecular flexibility index (Phi) is 5.24. The zero-order chi connectivity index (χ0) is 17.1. The molecule has 1 atom stereocenters. The average Bonchev–Trinajstić information content (AvgIpc) is 2.80. The minimum atomic E-state index is -0.0277. The number of aromatic nitrogens is 2. The Balaban J connectivity index is 2.15. The van der Waals surface area contributed by atoms with Crippen LogP contribution in [0.3, 0.4) is 0 Å². The maximum atomic E-state index is 12.5. The molecule has 1 aromatic heterocycles. The Bertz CT molecular complexity index is 716. The molecule has 0 fully saturated rings. The summed E-state index contributed by atoms with van der Waals surface area (Å²) >= 11 is 0. The zero-order valence-corrected chi connectivity index (χ0v) is 15.0. The van der Waals surface area contributed by atoms with E-state index in [1.54, 1.807) is 4.68 Å². The van der Waals surface area contributed by atoms with Crippen LogP contribution in [0.2, 0.25) is 0 Å². The van der Waals surface area contributed by atoms with Crippen molar-refractivity contribution >= 4 is 11.6 Å². The van der Waals surface area contributed by atoms with E-state index in [0.29, 0.717) is 5.92 Å². The summed E-state index contributed by atoms with van der Waals surface area (Å²) in [7, 11) is 0. The van der Waals surface area contributed by atoms with Gasteiger partial charge < -0.3 is 5.32 Å². The summed E-state index contributed by atoms with van der Waals surface area (Å²) in [6, 6.07) is 6.17. The second-order valence-electron chi connectivity index (χ2n) is 6.37. The van der Waals surface area contributed by atoms with E-state index in [-0.39, 0.29) is 12.5 Å². The summed E-state index contributed by atoms with van der Waals surface area (Å²) in [5.74, 6) is 0.393. The van der Waals surface area contributed by atoms with Crippen molar-refractivity contribution in [2.75, 3.05) is 11.9 Å². The van der Waals surface area contributed by atoms with Gasteiger partial charge in [0.05, 0.1) is 12.2 Å². The van der Waals surface area contributed by atoms with Crippen LogP contribution in [-0.2, 0) is 0 Å². The Morgan fingerprint density at radius 2 is 1.96 bits per heavy atom. The van der Waals surface area contributed by atoms with Crippen molar-refractivity contribution in [2.45, 2.75) is 53.9 Å². The third-order valence-corrected chi connectivity index (χ3v) is 4.50. The van der Waals surface area contributed by atoms with Crippen molar-refractivity contribution < 1.29 is 4.79 Å². The number of carbonyl (C=O) groups is 1. The minimum Gasteiger partial charge on any atom is -0.376 e. The van der Waals surface area contributed by atoms with Crippen LogP contribution in [-0.4, -0.2) is 22.2 Å². The van der Waals surface area contributed by atoms with Crippen LogP contribution >= 0.6 is 0 Å². The van der Waals surface area contributed by atoms with Crippen LogP contribution < -0.4 is 5.32 Å². The van der Waals surface area contributed by atoms with Gasteiger partial charge in [-0.2, -0.15) is 5.10 Å². The molecule has 4 heteroatoms. The number of aryl methyl sites for hydroxylation is 3. The van der Waals surface area contributed by atoms with Gasteiger partial charge in [0, 0.05) is 11.4 Å². The fraction of sp³-hybridized carbons (Fsp3) is 0.474. The Morgan fingerprint density at radius 1 is 1.26 bits per heavy atom. The third kappa shape index (κ3) is 3.63. The molecule has 2 rings (SSSR count). The maximum absolute atomic E-state index is 12.5. The molecule has 1 aromatic carbocycles. The summed E-state index contributed by atoms with van der Waals surface area (Å²) in [6.45, 7) is 12.7. The standard InChI is InChI=1S/C19H27N3O/c1-7-13(3)19-15(5)21-22(16(19)6)18(23)11-20-17-9-8-12(2)10-14(17)4/h8-10,13,20H,7,11H2,1-6H3. The van der Waals surface area contributed by atoms with Crippen molar-refractivity contribution in [3.8, 4) is 0 Å². The zero-order valence-electron chi connectivity index (χ0n) is 15.0. The largest absolute Gasteiger partial charge is 0.376 e. The normalized spacial score (nSPS) is 12.3. The number of anilines is 1. The molecule has 1 N–H and O–H groups in total. The molecular formula is C19H27N3O. The summed E-state index contributed by atoms with van der Waals surface area (Å²) < 4.78 is 1.55. The molecule has 124 valence electrons. The van der Waals surface area contributed by atoms with Crippen LogP contribution in [0.4, 0.5) is 5.69 Å². The topological polar surface area (TPSA) is 46.9 Å². The van der Waals surface area contributed by atoms with Crippen LogP contribution in [0.1, 0.15) is 59.1 Å². The van der Waals surface area contributed by atoms with Gasteiger partial charge in [-0.1, -0.05) is 31.5 Å². The van der Waals surface area contributed by atoms with Crippen LogP contribution in [0.25, 0.3) is 0 Å². The lowest BCUT2D eigenvalue weighted by Crippen LogP contribution is -2.23. The first-order valence-corrected chi connectivity index (χ1v) is 8.25. The van der Waals surface area contributed by atoms with Gasteiger partial charge in [0.15, 0.2) is 0 Å². The van der Waals surface area contributed by atoms with E-state index in [1.165, 1.54) is 11.1 Å². The van der Waals surface area contributed by atoms with Crippen molar-refractivity contribution in [3.63, 3.8) is 0 Å². The molecule has 0 aliphatic rings. The molecule has 0 bridgehead atoms. The molecule has 0 saturated carbocycles. The van der Waals surface area contributed by atoms with Crippen molar-refractivity contribution in [3.05, 3.63) is 46.3 Å². The number of nitrogens with one attached hydrogen (secondary N) is 1. The van der Waals surface area contributed by atoms with E-state index < -0.39 is 0 Å². The quantitative estimate of drug-likeness (QED) is 0.891. The minimum absolute atomic E-state index is 0.0277. The molecule has 0 radical (unpaired) electrons. The summed E-state index contributed by atoms with van der Waals surface area (Å²) in [5.41, 5.74) is 6.48. The molecule has 0 aliphatic carbocycles. The number of nitrogens with zero attached hydrogens (tertiary/aromatic N) is 2. The van der Waals surface area contributed by atoms with Crippen LogP contribution in [0, 0.1) is 27.7 Å². The Labute approximate surface area is 138 Å². The smallest absolute Gasteiger partial charge is 0.266 e. The molecule has 1 unspecified atom stereocenters. The van der Waals surface area contributed by atoms with Gasteiger partial charge in [0.1, 0.15) is 0 Å². The van der Waals surface area contributed by atoms with Gasteiger partial charge in [-0.15, -0.1) is 0 Å². The predicted molar refractivity (Wildman–Crippen MR) is 95.4 cm³/mol. The van der Waals surface area contributed by atoms with Crippen molar-refractivity contribution in [1.29, 1.82) is 0 Å². The first-order chi connectivity index (χ1) is 10.8. The SMILES string of the molecule is CCC(C)c1c(C)nn(C(=O)CNc2ccc(C)cc2C)c1C. The van der Waals surface area contributed by atoms with Gasteiger partial charge in [-0.05, 0) is 57.2 Å².